The van der Waals surface area contributed by atoms with Crippen molar-refractivity contribution in [1.29, 1.82) is 0 Å². The molecular weight excluding hydrogens is 280 g/mol. The van der Waals surface area contributed by atoms with Gasteiger partial charge in [0.1, 0.15) is 5.75 Å². The second-order valence-electron chi connectivity index (χ2n) is 4.84. The van der Waals surface area contributed by atoms with Crippen LogP contribution in [0.2, 0.25) is 0 Å². The molecule has 0 aliphatic carbocycles. The number of azo groups is 1. The summed E-state index contributed by atoms with van der Waals surface area (Å²) in [5.41, 5.74) is 2.61. The highest BCUT2D eigenvalue weighted by atomic mass is 16.3. The van der Waals surface area contributed by atoms with Gasteiger partial charge in [0.2, 0.25) is 0 Å². The van der Waals surface area contributed by atoms with Crippen LogP contribution in [0.1, 0.15) is 5.56 Å². The third-order valence-corrected chi connectivity index (χ3v) is 3.26. The fourth-order valence-corrected chi connectivity index (χ4v) is 2.10. The molecular formula is C16H14N4O2. The van der Waals surface area contributed by atoms with Crippen molar-refractivity contribution in [2.45, 2.75) is 6.92 Å². The molecule has 0 unspecified atom stereocenters. The molecule has 3 N–H and O–H groups in total. The van der Waals surface area contributed by atoms with Crippen LogP contribution in [-0.4, -0.2) is 15.3 Å². The van der Waals surface area contributed by atoms with E-state index in [0.29, 0.717) is 16.9 Å². The van der Waals surface area contributed by atoms with Gasteiger partial charge in [0.05, 0.1) is 11.4 Å². The number of aromatic amines is 2. The van der Waals surface area contributed by atoms with Crippen molar-refractivity contribution in [2.24, 2.45) is 10.2 Å². The minimum atomic E-state index is -0.365. The molecule has 0 amide bonds. The third-order valence-electron chi connectivity index (χ3n) is 3.26. The lowest BCUT2D eigenvalue weighted by atomic mass is 10.1. The first-order chi connectivity index (χ1) is 10.6. The molecule has 0 atom stereocenters. The summed E-state index contributed by atoms with van der Waals surface area (Å²) in [6.07, 6.45) is 0. The van der Waals surface area contributed by atoms with Crippen molar-refractivity contribution in [3.8, 4) is 17.0 Å². The highest BCUT2D eigenvalue weighted by Gasteiger charge is 2.12. The van der Waals surface area contributed by atoms with Gasteiger partial charge in [-0.3, -0.25) is 15.0 Å². The zero-order valence-electron chi connectivity index (χ0n) is 11.9. The molecule has 110 valence electrons. The SMILES string of the molecule is Cc1ccccc1N=Nc1c(-c2cccc(O)c2)[nH][nH]c1=O. The number of hydrogen-bond acceptors (Lipinski definition) is 4. The van der Waals surface area contributed by atoms with E-state index in [1.165, 1.54) is 0 Å². The van der Waals surface area contributed by atoms with Crippen molar-refractivity contribution in [1.82, 2.24) is 10.2 Å². The molecule has 1 aromatic heterocycles. The number of nitrogens with one attached hydrogen (secondary N) is 2. The van der Waals surface area contributed by atoms with Crippen molar-refractivity contribution < 1.29 is 5.11 Å². The molecule has 0 saturated heterocycles. The number of rotatable bonds is 3. The Hall–Kier alpha value is -3.15. The summed E-state index contributed by atoms with van der Waals surface area (Å²) in [7, 11) is 0. The Morgan fingerprint density at radius 3 is 2.59 bits per heavy atom. The van der Waals surface area contributed by atoms with Crippen LogP contribution in [0.25, 0.3) is 11.3 Å². The summed E-state index contributed by atoms with van der Waals surface area (Å²) in [5, 5.41) is 23.0. The number of aromatic nitrogens is 2. The number of hydrogen-bond donors (Lipinski definition) is 3. The van der Waals surface area contributed by atoms with Gasteiger partial charge in [-0.05, 0) is 30.7 Å². The number of benzene rings is 2. The Morgan fingerprint density at radius 2 is 1.82 bits per heavy atom. The topological polar surface area (TPSA) is 93.6 Å². The lowest BCUT2D eigenvalue weighted by Gasteiger charge is -2.00. The summed E-state index contributed by atoms with van der Waals surface area (Å²) in [6, 6.07) is 14.1. The van der Waals surface area contributed by atoms with Gasteiger partial charge in [-0.1, -0.05) is 30.3 Å². The van der Waals surface area contributed by atoms with E-state index >= 15 is 0 Å². The number of phenolic OH excluding ortho intramolecular Hbond substituents is 1. The van der Waals surface area contributed by atoms with Crippen LogP contribution in [0.3, 0.4) is 0 Å². The number of aryl methyl sites for hydroxylation is 1. The second kappa shape index (κ2) is 5.69. The van der Waals surface area contributed by atoms with Gasteiger partial charge in [0.15, 0.2) is 5.69 Å². The van der Waals surface area contributed by atoms with Crippen molar-refractivity contribution >= 4 is 11.4 Å². The van der Waals surface area contributed by atoms with Gasteiger partial charge < -0.3 is 5.11 Å². The molecule has 3 aromatic rings. The van der Waals surface area contributed by atoms with Gasteiger partial charge in [0.25, 0.3) is 5.56 Å². The maximum absolute atomic E-state index is 11.9. The van der Waals surface area contributed by atoms with E-state index < -0.39 is 0 Å². The van der Waals surface area contributed by atoms with Crippen LogP contribution in [0.4, 0.5) is 11.4 Å². The number of aromatic hydroxyl groups is 1. The van der Waals surface area contributed by atoms with E-state index in [1.807, 2.05) is 31.2 Å². The minimum Gasteiger partial charge on any atom is -0.508 e. The lowest BCUT2D eigenvalue weighted by molar-refractivity contribution is 0.475. The fraction of sp³-hybridized carbons (Fsp3) is 0.0625. The first-order valence-corrected chi connectivity index (χ1v) is 6.72. The van der Waals surface area contributed by atoms with Gasteiger partial charge in [0, 0.05) is 5.56 Å². The van der Waals surface area contributed by atoms with Crippen molar-refractivity contribution in [2.75, 3.05) is 0 Å². The van der Waals surface area contributed by atoms with E-state index in [9.17, 15) is 9.90 Å². The minimum absolute atomic E-state index is 0.112. The first-order valence-electron chi connectivity index (χ1n) is 6.72. The van der Waals surface area contributed by atoms with Gasteiger partial charge in [-0.15, -0.1) is 5.11 Å². The predicted octanol–water partition coefficient (Wildman–Crippen LogP) is 3.80. The average molecular weight is 294 g/mol. The molecule has 1 heterocycles. The average Bonchev–Trinajstić information content (AvgIpc) is 2.87. The predicted molar refractivity (Wildman–Crippen MR) is 83.9 cm³/mol. The van der Waals surface area contributed by atoms with E-state index in [4.69, 9.17) is 0 Å². The van der Waals surface area contributed by atoms with Crippen LogP contribution < -0.4 is 5.56 Å². The highest BCUT2D eigenvalue weighted by molar-refractivity contribution is 5.72. The molecule has 0 radical (unpaired) electrons. The molecule has 0 spiro atoms. The summed E-state index contributed by atoms with van der Waals surface area (Å²) in [5.74, 6) is 0.112. The normalized spacial score (nSPS) is 11.1. The molecule has 0 aliphatic rings. The van der Waals surface area contributed by atoms with Gasteiger partial charge >= 0.3 is 0 Å². The molecule has 6 heteroatoms. The molecule has 0 saturated carbocycles. The summed E-state index contributed by atoms with van der Waals surface area (Å²) < 4.78 is 0. The fourth-order valence-electron chi connectivity index (χ4n) is 2.10. The maximum Gasteiger partial charge on any atom is 0.292 e. The largest absolute Gasteiger partial charge is 0.508 e. The summed E-state index contributed by atoms with van der Waals surface area (Å²) in [6.45, 7) is 1.92. The number of H-pyrrole nitrogens is 2. The zero-order valence-corrected chi connectivity index (χ0v) is 11.9. The van der Waals surface area contributed by atoms with Crippen LogP contribution in [0.15, 0.2) is 63.6 Å². The Labute approximate surface area is 126 Å². The monoisotopic (exact) mass is 294 g/mol. The lowest BCUT2D eigenvalue weighted by Crippen LogP contribution is -1.96. The van der Waals surface area contributed by atoms with E-state index in [1.54, 1.807) is 24.3 Å². The molecule has 0 bridgehead atoms. The highest BCUT2D eigenvalue weighted by Crippen LogP contribution is 2.29. The Balaban J connectivity index is 2.04. The van der Waals surface area contributed by atoms with Gasteiger partial charge in [-0.2, -0.15) is 5.11 Å². The van der Waals surface area contributed by atoms with Crippen LogP contribution >= 0.6 is 0 Å². The molecule has 22 heavy (non-hydrogen) atoms. The van der Waals surface area contributed by atoms with Crippen LogP contribution in [0.5, 0.6) is 5.75 Å². The summed E-state index contributed by atoms with van der Waals surface area (Å²) >= 11 is 0. The zero-order chi connectivity index (χ0) is 15.5. The Bertz CT molecular complexity index is 893. The first kappa shape index (κ1) is 13.8. The Morgan fingerprint density at radius 1 is 1.00 bits per heavy atom. The molecule has 0 aliphatic heterocycles. The van der Waals surface area contributed by atoms with Gasteiger partial charge in [-0.25, -0.2) is 0 Å². The van der Waals surface area contributed by atoms with Crippen molar-refractivity contribution in [3.63, 3.8) is 0 Å². The quantitative estimate of drug-likeness (QED) is 0.641. The Kier molecular flexibility index (Phi) is 3.57. The smallest absolute Gasteiger partial charge is 0.292 e. The molecule has 6 nitrogen and oxygen atoms in total. The van der Waals surface area contributed by atoms with Crippen LogP contribution in [0, 0.1) is 6.92 Å². The number of nitrogens with zero attached hydrogens (tertiary/aromatic N) is 2. The maximum atomic E-state index is 11.9. The molecule has 2 aromatic carbocycles. The second-order valence-corrected chi connectivity index (χ2v) is 4.84. The van der Waals surface area contributed by atoms with E-state index in [-0.39, 0.29) is 17.0 Å². The molecule has 0 fully saturated rings. The van der Waals surface area contributed by atoms with E-state index in [2.05, 4.69) is 20.4 Å². The van der Waals surface area contributed by atoms with Crippen molar-refractivity contribution in [3.05, 3.63) is 64.4 Å². The standard InChI is InChI=1S/C16H14N4O2/c1-10-5-2-3-8-13(10)17-19-15-14(18-20-16(15)22)11-6-4-7-12(21)9-11/h2-9,21H,1H3,(H2,18,20,22). The third kappa shape index (κ3) is 2.67. The molecule has 3 rings (SSSR count). The van der Waals surface area contributed by atoms with E-state index in [0.717, 1.165) is 5.56 Å². The summed E-state index contributed by atoms with van der Waals surface area (Å²) in [4.78, 5) is 11.9. The number of phenols is 1. The van der Waals surface area contributed by atoms with Crippen LogP contribution in [-0.2, 0) is 0 Å².